The predicted octanol–water partition coefficient (Wildman–Crippen LogP) is 2.83. The maximum absolute atomic E-state index is 13.2. The van der Waals surface area contributed by atoms with Crippen LogP contribution in [0.25, 0.3) is 0 Å². The molecule has 1 rings (SSSR count). The number of hydrogen-bond acceptors (Lipinski definition) is 4. The van der Waals surface area contributed by atoms with Crippen molar-refractivity contribution < 1.29 is 18.7 Å². The Balaban J connectivity index is 2.69. The van der Waals surface area contributed by atoms with Crippen LogP contribution in [-0.2, 0) is 9.53 Å². The third kappa shape index (κ3) is 5.01. The van der Waals surface area contributed by atoms with Crippen LogP contribution >= 0.6 is 0 Å². The number of hydrogen-bond donors (Lipinski definition) is 1. The van der Waals surface area contributed by atoms with Gasteiger partial charge in [-0.1, -0.05) is 6.07 Å². The molecule has 1 aromatic carbocycles. The minimum absolute atomic E-state index is 0.130. The van der Waals surface area contributed by atoms with Crippen LogP contribution in [0.5, 0.6) is 5.75 Å². The summed E-state index contributed by atoms with van der Waals surface area (Å²) in [5.74, 6) is -0.186. The molecule has 118 valence electrons. The number of esters is 1. The number of carbonyl (C=O) groups is 1. The van der Waals surface area contributed by atoms with Gasteiger partial charge in [0.05, 0.1) is 13.7 Å². The van der Waals surface area contributed by atoms with Crippen molar-refractivity contribution in [2.45, 2.75) is 45.7 Å². The quantitative estimate of drug-likeness (QED) is 0.786. The highest BCUT2D eigenvalue weighted by Gasteiger charge is 2.34. The second-order valence-electron chi connectivity index (χ2n) is 5.63. The zero-order chi connectivity index (χ0) is 16.0. The van der Waals surface area contributed by atoms with Gasteiger partial charge in [0.25, 0.3) is 0 Å². The molecule has 0 aromatic heterocycles. The van der Waals surface area contributed by atoms with Crippen molar-refractivity contribution in [3.63, 3.8) is 0 Å². The topological polar surface area (TPSA) is 47.6 Å². The number of ether oxygens (including phenoxy) is 2. The molecular weight excluding hydrogens is 273 g/mol. The van der Waals surface area contributed by atoms with E-state index < -0.39 is 5.54 Å². The highest BCUT2D eigenvalue weighted by atomic mass is 19.1. The first-order valence-corrected chi connectivity index (χ1v) is 7.03. The van der Waals surface area contributed by atoms with Gasteiger partial charge in [0.15, 0.2) is 0 Å². The number of carbonyl (C=O) groups excluding carboxylic acids is 1. The maximum Gasteiger partial charge on any atom is 0.325 e. The second-order valence-corrected chi connectivity index (χ2v) is 5.63. The van der Waals surface area contributed by atoms with Gasteiger partial charge in [-0.15, -0.1) is 0 Å². The first-order chi connectivity index (χ1) is 9.78. The Labute approximate surface area is 125 Å². The van der Waals surface area contributed by atoms with E-state index in [-0.39, 0.29) is 24.4 Å². The third-order valence-corrected chi connectivity index (χ3v) is 3.25. The Morgan fingerprint density at radius 3 is 2.67 bits per heavy atom. The molecule has 0 aliphatic heterocycles. The molecule has 1 unspecified atom stereocenters. The van der Waals surface area contributed by atoms with Crippen LogP contribution in [0.1, 0.15) is 32.8 Å². The number of nitrogens with one attached hydrogen (secondary N) is 1. The summed E-state index contributed by atoms with van der Waals surface area (Å²) in [6.07, 6.45) is 0.424. The summed E-state index contributed by atoms with van der Waals surface area (Å²) < 4.78 is 23.6. The Bertz CT molecular complexity index is 490. The van der Waals surface area contributed by atoms with Crippen LogP contribution in [0.15, 0.2) is 18.2 Å². The molecule has 0 heterocycles. The van der Waals surface area contributed by atoms with Crippen molar-refractivity contribution in [3.05, 3.63) is 29.6 Å². The summed E-state index contributed by atoms with van der Waals surface area (Å²) >= 11 is 0. The van der Waals surface area contributed by atoms with E-state index in [0.29, 0.717) is 12.2 Å². The lowest BCUT2D eigenvalue weighted by Gasteiger charge is -2.30. The van der Waals surface area contributed by atoms with E-state index in [2.05, 4.69) is 5.32 Å². The SMILES string of the molecule is COC(=O)C(C)(CCOc1cc(F)ccc1C)NC(C)C. The number of rotatable bonds is 7. The van der Waals surface area contributed by atoms with Crippen LogP contribution in [0.2, 0.25) is 0 Å². The summed E-state index contributed by atoms with van der Waals surface area (Å²) in [4.78, 5) is 11.9. The van der Waals surface area contributed by atoms with Gasteiger partial charge in [-0.05, 0) is 39.3 Å². The molecule has 5 heteroatoms. The smallest absolute Gasteiger partial charge is 0.325 e. The van der Waals surface area contributed by atoms with Gasteiger partial charge in [-0.25, -0.2) is 4.39 Å². The Hall–Kier alpha value is -1.62. The van der Waals surface area contributed by atoms with Gasteiger partial charge in [-0.3, -0.25) is 10.1 Å². The molecule has 1 atom stereocenters. The summed E-state index contributed by atoms with van der Waals surface area (Å²) in [6.45, 7) is 7.83. The Morgan fingerprint density at radius 1 is 1.43 bits per heavy atom. The van der Waals surface area contributed by atoms with Gasteiger partial charge in [0.1, 0.15) is 17.1 Å². The fourth-order valence-corrected chi connectivity index (χ4v) is 2.19. The van der Waals surface area contributed by atoms with Crippen molar-refractivity contribution in [2.75, 3.05) is 13.7 Å². The van der Waals surface area contributed by atoms with Crippen molar-refractivity contribution in [1.82, 2.24) is 5.32 Å². The van der Waals surface area contributed by atoms with Gasteiger partial charge in [0, 0.05) is 18.5 Å². The fourth-order valence-electron chi connectivity index (χ4n) is 2.19. The molecular formula is C16H24FNO3. The molecule has 0 saturated carbocycles. The molecule has 21 heavy (non-hydrogen) atoms. The van der Waals surface area contributed by atoms with Crippen LogP contribution in [0.3, 0.4) is 0 Å². The number of benzene rings is 1. The monoisotopic (exact) mass is 297 g/mol. The van der Waals surface area contributed by atoms with Gasteiger partial charge in [-0.2, -0.15) is 0 Å². The highest BCUT2D eigenvalue weighted by Crippen LogP contribution is 2.20. The lowest BCUT2D eigenvalue weighted by Crippen LogP contribution is -2.53. The largest absolute Gasteiger partial charge is 0.493 e. The van der Waals surface area contributed by atoms with Crippen LogP contribution in [0, 0.1) is 12.7 Å². The molecule has 1 aromatic rings. The van der Waals surface area contributed by atoms with Crippen LogP contribution < -0.4 is 10.1 Å². The minimum Gasteiger partial charge on any atom is -0.493 e. The fraction of sp³-hybridized carbons (Fsp3) is 0.562. The molecule has 0 bridgehead atoms. The molecule has 0 aliphatic rings. The third-order valence-electron chi connectivity index (χ3n) is 3.25. The second kappa shape index (κ2) is 7.41. The molecule has 0 saturated heterocycles. The van der Waals surface area contributed by atoms with Crippen molar-refractivity contribution in [2.24, 2.45) is 0 Å². The maximum atomic E-state index is 13.2. The van der Waals surface area contributed by atoms with Gasteiger partial charge in [0.2, 0.25) is 0 Å². The van der Waals surface area contributed by atoms with E-state index in [0.717, 1.165) is 5.56 Å². The molecule has 4 nitrogen and oxygen atoms in total. The predicted molar refractivity (Wildman–Crippen MR) is 79.9 cm³/mol. The van der Waals surface area contributed by atoms with Crippen LogP contribution in [0.4, 0.5) is 4.39 Å². The van der Waals surface area contributed by atoms with Gasteiger partial charge < -0.3 is 9.47 Å². The van der Waals surface area contributed by atoms with Crippen molar-refractivity contribution in [3.8, 4) is 5.75 Å². The normalized spacial score (nSPS) is 13.9. The molecule has 0 amide bonds. The molecule has 0 fully saturated rings. The Kier molecular flexibility index (Phi) is 6.15. The zero-order valence-electron chi connectivity index (χ0n) is 13.3. The average molecular weight is 297 g/mol. The van der Waals surface area contributed by atoms with E-state index in [1.165, 1.54) is 19.2 Å². The first kappa shape index (κ1) is 17.4. The Morgan fingerprint density at radius 2 is 2.10 bits per heavy atom. The van der Waals surface area contributed by atoms with Crippen LogP contribution in [-0.4, -0.2) is 31.3 Å². The summed E-state index contributed by atoms with van der Waals surface area (Å²) in [5.41, 5.74) is 0.0254. The highest BCUT2D eigenvalue weighted by molar-refractivity contribution is 5.80. The van der Waals surface area contributed by atoms with E-state index >= 15 is 0 Å². The molecule has 0 radical (unpaired) electrons. The summed E-state index contributed by atoms with van der Waals surface area (Å²) in [5, 5.41) is 3.19. The lowest BCUT2D eigenvalue weighted by atomic mass is 9.97. The van der Waals surface area contributed by atoms with E-state index in [9.17, 15) is 9.18 Å². The standard InChI is InChI=1S/C16H24FNO3/c1-11(2)18-16(4,15(19)20-5)8-9-21-14-10-13(17)7-6-12(14)3/h6-7,10-11,18H,8-9H2,1-5H3. The van der Waals surface area contributed by atoms with Crippen molar-refractivity contribution >= 4 is 5.97 Å². The lowest BCUT2D eigenvalue weighted by molar-refractivity contribution is -0.148. The molecule has 0 spiro atoms. The zero-order valence-corrected chi connectivity index (χ0v) is 13.3. The van der Waals surface area contributed by atoms with E-state index in [4.69, 9.17) is 9.47 Å². The van der Waals surface area contributed by atoms with E-state index in [1.807, 2.05) is 20.8 Å². The number of methoxy groups -OCH3 is 1. The summed E-state index contributed by atoms with van der Waals surface area (Å²) in [6, 6.07) is 4.53. The number of halogens is 1. The molecule has 1 N–H and O–H groups in total. The number of aryl methyl sites for hydroxylation is 1. The summed E-state index contributed by atoms with van der Waals surface area (Å²) in [7, 11) is 1.36. The van der Waals surface area contributed by atoms with Crippen molar-refractivity contribution in [1.29, 1.82) is 0 Å². The van der Waals surface area contributed by atoms with E-state index in [1.54, 1.807) is 13.0 Å². The first-order valence-electron chi connectivity index (χ1n) is 7.03. The average Bonchev–Trinajstić information content (AvgIpc) is 2.40. The minimum atomic E-state index is -0.829. The molecule has 0 aliphatic carbocycles. The van der Waals surface area contributed by atoms with Gasteiger partial charge >= 0.3 is 5.97 Å².